The minimum atomic E-state index is -0.157. The van der Waals surface area contributed by atoms with Gasteiger partial charge in [0.1, 0.15) is 0 Å². The summed E-state index contributed by atoms with van der Waals surface area (Å²) in [5.41, 5.74) is 3.13. The van der Waals surface area contributed by atoms with Crippen molar-refractivity contribution in [2.24, 2.45) is 0 Å². The molecule has 0 unspecified atom stereocenters. The second kappa shape index (κ2) is 8.79. The van der Waals surface area contributed by atoms with Crippen LogP contribution in [0.1, 0.15) is 16.7 Å². The Morgan fingerprint density at radius 1 is 0.955 bits per heavy atom. The first-order chi connectivity index (χ1) is 10.8. The molecule has 5 nitrogen and oxygen atoms in total. The molecule has 0 aliphatic heterocycles. The highest BCUT2D eigenvalue weighted by Gasteiger charge is 2.00. The maximum atomic E-state index is 11.7. The summed E-state index contributed by atoms with van der Waals surface area (Å²) in [6.07, 6.45) is 5.07. The fraction of sp³-hybridized carbons (Fsp3) is 0.294. The van der Waals surface area contributed by atoms with Crippen molar-refractivity contribution in [1.29, 1.82) is 0 Å². The van der Waals surface area contributed by atoms with Crippen LogP contribution in [-0.4, -0.2) is 29.2 Å². The van der Waals surface area contributed by atoms with Crippen LogP contribution in [-0.2, 0) is 19.4 Å². The van der Waals surface area contributed by atoms with Gasteiger partial charge >= 0.3 is 6.03 Å². The number of urea groups is 1. The SMILES string of the molecule is O=C(NCCc1ccc(CO)cc1)NCCc1cccnc1. The molecule has 2 aromatic rings. The highest BCUT2D eigenvalue weighted by Crippen LogP contribution is 2.04. The number of benzene rings is 1. The fourth-order valence-corrected chi connectivity index (χ4v) is 2.06. The number of aromatic nitrogens is 1. The van der Waals surface area contributed by atoms with Gasteiger partial charge in [-0.25, -0.2) is 4.79 Å². The summed E-state index contributed by atoms with van der Waals surface area (Å²) >= 11 is 0. The maximum absolute atomic E-state index is 11.7. The van der Waals surface area contributed by atoms with E-state index in [1.807, 2.05) is 36.4 Å². The summed E-state index contributed by atoms with van der Waals surface area (Å²) in [6, 6.07) is 11.4. The van der Waals surface area contributed by atoms with Gasteiger partial charge in [0.05, 0.1) is 6.61 Å². The molecule has 22 heavy (non-hydrogen) atoms. The summed E-state index contributed by atoms with van der Waals surface area (Å²) in [7, 11) is 0. The molecule has 0 aliphatic carbocycles. The molecule has 5 heteroatoms. The van der Waals surface area contributed by atoms with Crippen LogP contribution in [0.2, 0.25) is 0 Å². The maximum Gasteiger partial charge on any atom is 0.314 e. The Morgan fingerprint density at radius 2 is 1.59 bits per heavy atom. The number of carbonyl (C=O) groups excluding carboxylic acids is 1. The number of aliphatic hydroxyl groups is 1. The topological polar surface area (TPSA) is 74.2 Å². The van der Waals surface area contributed by atoms with E-state index in [0.717, 1.165) is 29.5 Å². The van der Waals surface area contributed by atoms with Crippen LogP contribution in [0.3, 0.4) is 0 Å². The third-order valence-electron chi connectivity index (χ3n) is 3.33. The summed E-state index contributed by atoms with van der Waals surface area (Å²) < 4.78 is 0. The van der Waals surface area contributed by atoms with Crippen molar-refractivity contribution in [3.8, 4) is 0 Å². The Balaban J connectivity index is 1.61. The van der Waals surface area contributed by atoms with Gasteiger partial charge in [-0.05, 0) is 35.6 Å². The first kappa shape index (κ1) is 16.0. The quantitative estimate of drug-likeness (QED) is 0.728. The van der Waals surface area contributed by atoms with Crippen LogP contribution in [0.15, 0.2) is 48.8 Å². The number of amides is 2. The molecule has 3 N–H and O–H groups in total. The van der Waals surface area contributed by atoms with E-state index in [9.17, 15) is 4.79 Å². The van der Waals surface area contributed by atoms with Crippen LogP contribution >= 0.6 is 0 Å². The average molecular weight is 299 g/mol. The molecule has 0 saturated heterocycles. The molecule has 1 aromatic carbocycles. The third-order valence-corrected chi connectivity index (χ3v) is 3.33. The van der Waals surface area contributed by atoms with E-state index in [1.165, 1.54) is 0 Å². The minimum Gasteiger partial charge on any atom is -0.392 e. The predicted molar refractivity (Wildman–Crippen MR) is 85.4 cm³/mol. The predicted octanol–water partition coefficient (Wildman–Crippen LogP) is 1.66. The van der Waals surface area contributed by atoms with Crippen LogP contribution in [0.4, 0.5) is 4.79 Å². The number of nitrogens with one attached hydrogen (secondary N) is 2. The molecule has 2 amide bonds. The lowest BCUT2D eigenvalue weighted by molar-refractivity contribution is 0.241. The van der Waals surface area contributed by atoms with E-state index in [1.54, 1.807) is 12.4 Å². The first-order valence-electron chi connectivity index (χ1n) is 7.37. The number of aliphatic hydroxyl groups excluding tert-OH is 1. The number of rotatable bonds is 7. The van der Waals surface area contributed by atoms with Crippen molar-refractivity contribution in [2.75, 3.05) is 13.1 Å². The third kappa shape index (κ3) is 5.54. The van der Waals surface area contributed by atoms with Crippen molar-refractivity contribution in [1.82, 2.24) is 15.6 Å². The molecular formula is C17H21N3O2. The van der Waals surface area contributed by atoms with Gasteiger partial charge in [0.25, 0.3) is 0 Å². The zero-order chi connectivity index (χ0) is 15.6. The Labute approximate surface area is 130 Å². The lowest BCUT2D eigenvalue weighted by Crippen LogP contribution is -2.37. The van der Waals surface area contributed by atoms with E-state index in [2.05, 4.69) is 15.6 Å². The monoisotopic (exact) mass is 299 g/mol. The molecule has 0 aliphatic rings. The van der Waals surface area contributed by atoms with E-state index in [-0.39, 0.29) is 12.6 Å². The number of hydrogen-bond acceptors (Lipinski definition) is 3. The normalized spacial score (nSPS) is 10.2. The molecule has 0 bridgehead atoms. The molecule has 1 aromatic heterocycles. The van der Waals surface area contributed by atoms with Crippen LogP contribution in [0, 0.1) is 0 Å². The highest BCUT2D eigenvalue weighted by molar-refractivity contribution is 5.73. The van der Waals surface area contributed by atoms with Gasteiger partial charge in [-0.15, -0.1) is 0 Å². The molecule has 116 valence electrons. The van der Waals surface area contributed by atoms with Gasteiger partial charge < -0.3 is 15.7 Å². The number of pyridine rings is 1. The van der Waals surface area contributed by atoms with Gasteiger partial charge in [0.15, 0.2) is 0 Å². The van der Waals surface area contributed by atoms with Crippen molar-refractivity contribution in [2.45, 2.75) is 19.4 Å². The van der Waals surface area contributed by atoms with Crippen LogP contribution in [0.5, 0.6) is 0 Å². The molecule has 0 fully saturated rings. The molecule has 0 spiro atoms. The summed E-state index contributed by atoms with van der Waals surface area (Å²) in [6.45, 7) is 1.22. The lowest BCUT2D eigenvalue weighted by Gasteiger charge is -2.08. The van der Waals surface area contributed by atoms with E-state index in [4.69, 9.17) is 5.11 Å². The molecular weight excluding hydrogens is 278 g/mol. The van der Waals surface area contributed by atoms with Gasteiger partial charge in [0.2, 0.25) is 0 Å². The Kier molecular flexibility index (Phi) is 6.39. The molecule has 0 saturated carbocycles. The van der Waals surface area contributed by atoms with Crippen molar-refractivity contribution < 1.29 is 9.90 Å². The van der Waals surface area contributed by atoms with Gasteiger partial charge in [0, 0.05) is 25.5 Å². The van der Waals surface area contributed by atoms with E-state index in [0.29, 0.717) is 13.1 Å². The summed E-state index contributed by atoms with van der Waals surface area (Å²) in [4.78, 5) is 15.7. The van der Waals surface area contributed by atoms with Crippen LogP contribution < -0.4 is 10.6 Å². The van der Waals surface area contributed by atoms with Crippen molar-refractivity contribution >= 4 is 6.03 Å². The van der Waals surface area contributed by atoms with Crippen molar-refractivity contribution in [3.05, 3.63) is 65.5 Å². The Hall–Kier alpha value is -2.40. The lowest BCUT2D eigenvalue weighted by atomic mass is 10.1. The van der Waals surface area contributed by atoms with E-state index >= 15 is 0 Å². The molecule has 0 radical (unpaired) electrons. The molecule has 2 rings (SSSR count). The second-order valence-corrected chi connectivity index (χ2v) is 5.02. The second-order valence-electron chi connectivity index (χ2n) is 5.02. The minimum absolute atomic E-state index is 0.0534. The largest absolute Gasteiger partial charge is 0.392 e. The van der Waals surface area contributed by atoms with Gasteiger partial charge in [-0.1, -0.05) is 30.3 Å². The number of carbonyl (C=O) groups is 1. The number of hydrogen-bond donors (Lipinski definition) is 3. The smallest absolute Gasteiger partial charge is 0.314 e. The Morgan fingerprint density at radius 3 is 2.18 bits per heavy atom. The standard InChI is InChI=1S/C17H21N3O2/c21-13-16-5-3-14(4-6-16)7-10-19-17(22)20-11-8-15-2-1-9-18-12-15/h1-6,9,12,21H,7-8,10-11,13H2,(H2,19,20,22). The molecule has 0 atom stereocenters. The average Bonchev–Trinajstić information content (AvgIpc) is 2.56. The zero-order valence-electron chi connectivity index (χ0n) is 12.5. The van der Waals surface area contributed by atoms with Gasteiger partial charge in [-0.2, -0.15) is 0 Å². The Bertz CT molecular complexity index is 570. The summed E-state index contributed by atoms with van der Waals surface area (Å²) in [5, 5.41) is 14.6. The zero-order valence-corrected chi connectivity index (χ0v) is 12.5. The summed E-state index contributed by atoms with van der Waals surface area (Å²) in [5.74, 6) is 0. The fourth-order valence-electron chi connectivity index (χ4n) is 2.06. The molecule has 1 heterocycles. The number of nitrogens with zero attached hydrogens (tertiary/aromatic N) is 1. The highest BCUT2D eigenvalue weighted by atomic mass is 16.3. The van der Waals surface area contributed by atoms with Crippen LogP contribution in [0.25, 0.3) is 0 Å². The van der Waals surface area contributed by atoms with Crippen molar-refractivity contribution in [3.63, 3.8) is 0 Å². The first-order valence-corrected chi connectivity index (χ1v) is 7.37. The van der Waals surface area contributed by atoms with E-state index < -0.39 is 0 Å². The van der Waals surface area contributed by atoms with Gasteiger partial charge in [-0.3, -0.25) is 4.98 Å².